The van der Waals surface area contributed by atoms with Crippen molar-refractivity contribution in [3.05, 3.63) is 20.8 Å². The summed E-state index contributed by atoms with van der Waals surface area (Å²) in [5, 5.41) is 6.58. The third-order valence-corrected chi connectivity index (χ3v) is 5.19. The number of aliphatic imine (C=N–C) groups is 1. The Morgan fingerprint density at radius 2 is 2.53 bits per heavy atom. The second kappa shape index (κ2) is 6.78. The Morgan fingerprint density at radius 1 is 1.65 bits per heavy atom. The molecule has 1 fully saturated rings. The van der Waals surface area contributed by atoms with E-state index in [9.17, 15) is 0 Å². The van der Waals surface area contributed by atoms with Crippen LogP contribution in [0.4, 0.5) is 0 Å². The average Bonchev–Trinajstić information content (AvgIpc) is 2.93. The molecule has 0 radical (unpaired) electrons. The molecule has 0 aromatic carbocycles. The molecule has 1 aliphatic rings. The van der Waals surface area contributed by atoms with E-state index in [2.05, 4.69) is 37.7 Å². The molecule has 3 nitrogen and oxygen atoms in total. The van der Waals surface area contributed by atoms with Crippen molar-refractivity contribution in [2.75, 3.05) is 19.5 Å². The Hall–Kier alpha value is -0.0400. The van der Waals surface area contributed by atoms with Crippen LogP contribution in [-0.2, 0) is 11.3 Å². The van der Waals surface area contributed by atoms with E-state index in [1.54, 1.807) is 30.2 Å². The zero-order chi connectivity index (χ0) is 12.1. The number of halogens is 1. The third-order valence-electron chi connectivity index (χ3n) is 2.42. The highest BCUT2D eigenvalue weighted by Gasteiger charge is 2.19. The highest BCUT2D eigenvalue weighted by molar-refractivity contribution is 9.10. The van der Waals surface area contributed by atoms with Gasteiger partial charge in [-0.25, -0.2) is 0 Å². The van der Waals surface area contributed by atoms with Gasteiger partial charge in [0.1, 0.15) is 0 Å². The lowest BCUT2D eigenvalue weighted by Gasteiger charge is -2.07. The van der Waals surface area contributed by atoms with Crippen molar-refractivity contribution in [2.45, 2.75) is 19.0 Å². The number of ether oxygens (including phenoxy) is 1. The molecule has 0 saturated carbocycles. The van der Waals surface area contributed by atoms with E-state index in [1.165, 1.54) is 4.88 Å². The standard InChI is InChI=1S/C11H15BrN2OS2/c1-15-3-2-9-7-17-11(14-9)13-5-10-4-8(12)6-16-10/h4,6,9H,2-3,5,7H2,1H3,(H,13,14). The lowest BCUT2D eigenvalue weighted by atomic mass is 10.2. The summed E-state index contributed by atoms with van der Waals surface area (Å²) >= 11 is 6.99. The van der Waals surface area contributed by atoms with Crippen LogP contribution in [0.3, 0.4) is 0 Å². The van der Waals surface area contributed by atoms with Gasteiger partial charge in [-0.3, -0.25) is 4.99 Å². The molecule has 2 heterocycles. The van der Waals surface area contributed by atoms with Gasteiger partial charge < -0.3 is 10.1 Å². The van der Waals surface area contributed by atoms with Gasteiger partial charge in [-0.2, -0.15) is 0 Å². The summed E-state index contributed by atoms with van der Waals surface area (Å²) in [6.45, 7) is 1.58. The molecule has 0 aliphatic carbocycles. The molecule has 17 heavy (non-hydrogen) atoms. The molecule has 1 aliphatic heterocycles. The molecule has 6 heteroatoms. The molecule has 1 atom stereocenters. The normalized spacial score (nSPS) is 22.0. The first-order valence-electron chi connectivity index (χ1n) is 5.43. The summed E-state index contributed by atoms with van der Waals surface area (Å²) in [5.74, 6) is 1.09. The smallest absolute Gasteiger partial charge is 0.157 e. The number of hydrogen-bond acceptors (Lipinski definition) is 4. The quantitative estimate of drug-likeness (QED) is 0.898. The number of nitrogens with zero attached hydrogens (tertiary/aromatic N) is 1. The van der Waals surface area contributed by atoms with Crippen LogP contribution in [0, 0.1) is 0 Å². The van der Waals surface area contributed by atoms with Gasteiger partial charge in [0.2, 0.25) is 0 Å². The Kier molecular flexibility index (Phi) is 5.34. The first-order chi connectivity index (χ1) is 8.28. The summed E-state index contributed by atoms with van der Waals surface area (Å²) in [4.78, 5) is 5.87. The molecular formula is C11H15BrN2OS2. The molecule has 0 bridgehead atoms. The summed E-state index contributed by atoms with van der Waals surface area (Å²) in [5.41, 5.74) is 0. The van der Waals surface area contributed by atoms with Crippen LogP contribution < -0.4 is 5.32 Å². The van der Waals surface area contributed by atoms with Crippen LogP contribution >= 0.6 is 39.0 Å². The second-order valence-corrected chi connectivity index (χ2v) is 6.71. The number of thiophene rings is 1. The van der Waals surface area contributed by atoms with Gasteiger partial charge in [0.25, 0.3) is 0 Å². The van der Waals surface area contributed by atoms with E-state index in [0.717, 1.165) is 35.0 Å². The summed E-state index contributed by atoms with van der Waals surface area (Å²) in [7, 11) is 1.74. The van der Waals surface area contributed by atoms with Crippen LogP contribution in [0.1, 0.15) is 11.3 Å². The lowest BCUT2D eigenvalue weighted by Crippen LogP contribution is -2.28. The SMILES string of the molecule is COCCC1CSC(=NCc2cc(Br)cs2)N1. The maximum Gasteiger partial charge on any atom is 0.157 e. The van der Waals surface area contributed by atoms with Crippen LogP contribution in [0.2, 0.25) is 0 Å². The van der Waals surface area contributed by atoms with Crippen LogP contribution in [-0.4, -0.2) is 30.7 Å². The van der Waals surface area contributed by atoms with Crippen molar-refractivity contribution in [2.24, 2.45) is 4.99 Å². The molecule has 0 spiro atoms. The minimum Gasteiger partial charge on any atom is -0.385 e. The van der Waals surface area contributed by atoms with Crippen molar-refractivity contribution in [3.63, 3.8) is 0 Å². The summed E-state index contributed by atoms with van der Waals surface area (Å²) < 4.78 is 6.22. The largest absolute Gasteiger partial charge is 0.385 e. The number of thioether (sulfide) groups is 1. The summed E-state index contributed by atoms with van der Waals surface area (Å²) in [6, 6.07) is 2.63. The second-order valence-electron chi connectivity index (χ2n) is 3.79. The monoisotopic (exact) mass is 334 g/mol. The zero-order valence-corrected chi connectivity index (χ0v) is 12.8. The van der Waals surface area contributed by atoms with Gasteiger partial charge in [0.15, 0.2) is 5.17 Å². The molecule has 1 unspecified atom stereocenters. The topological polar surface area (TPSA) is 33.6 Å². The molecule has 0 amide bonds. The van der Waals surface area contributed by atoms with Crippen molar-refractivity contribution >= 4 is 44.2 Å². The summed E-state index contributed by atoms with van der Waals surface area (Å²) in [6.07, 6.45) is 1.05. The van der Waals surface area contributed by atoms with Crippen molar-refractivity contribution in [1.29, 1.82) is 0 Å². The maximum absolute atomic E-state index is 5.08. The fourth-order valence-corrected chi connectivity index (χ4v) is 3.92. The fourth-order valence-electron chi connectivity index (χ4n) is 1.53. The first-order valence-corrected chi connectivity index (χ1v) is 8.09. The van der Waals surface area contributed by atoms with Crippen LogP contribution in [0.15, 0.2) is 20.9 Å². The fraction of sp³-hybridized carbons (Fsp3) is 0.545. The number of amidine groups is 1. The van der Waals surface area contributed by atoms with Gasteiger partial charge >= 0.3 is 0 Å². The third kappa shape index (κ3) is 4.28. The first kappa shape index (κ1) is 13.4. The lowest BCUT2D eigenvalue weighted by molar-refractivity contribution is 0.188. The van der Waals surface area contributed by atoms with Gasteiger partial charge in [0, 0.05) is 40.2 Å². The van der Waals surface area contributed by atoms with E-state index in [0.29, 0.717) is 6.04 Å². The molecule has 94 valence electrons. The van der Waals surface area contributed by atoms with Gasteiger partial charge in [-0.15, -0.1) is 11.3 Å². The molecule has 2 rings (SSSR count). The minimum atomic E-state index is 0.508. The Balaban J connectivity index is 1.79. The molecule has 1 aromatic heterocycles. The van der Waals surface area contributed by atoms with E-state index < -0.39 is 0 Å². The highest BCUT2D eigenvalue weighted by atomic mass is 79.9. The van der Waals surface area contributed by atoms with Gasteiger partial charge in [-0.1, -0.05) is 11.8 Å². The van der Waals surface area contributed by atoms with Crippen LogP contribution in [0.25, 0.3) is 0 Å². The van der Waals surface area contributed by atoms with Crippen LogP contribution in [0.5, 0.6) is 0 Å². The van der Waals surface area contributed by atoms with E-state index in [-0.39, 0.29) is 0 Å². The van der Waals surface area contributed by atoms with Crippen molar-refractivity contribution in [3.8, 4) is 0 Å². The van der Waals surface area contributed by atoms with Crippen molar-refractivity contribution < 1.29 is 4.74 Å². The highest BCUT2D eigenvalue weighted by Crippen LogP contribution is 2.22. The molecular weight excluding hydrogens is 320 g/mol. The molecule has 1 saturated heterocycles. The number of hydrogen-bond donors (Lipinski definition) is 1. The number of rotatable bonds is 5. The Labute approximate surface area is 118 Å². The molecule has 1 aromatic rings. The van der Waals surface area contributed by atoms with E-state index in [1.807, 2.05) is 0 Å². The predicted molar refractivity (Wildman–Crippen MR) is 79.0 cm³/mol. The Bertz CT molecular complexity index is 395. The Morgan fingerprint density at radius 3 is 3.24 bits per heavy atom. The molecule has 1 N–H and O–H groups in total. The average molecular weight is 335 g/mol. The predicted octanol–water partition coefficient (Wildman–Crippen LogP) is 3.11. The number of nitrogens with one attached hydrogen (secondary N) is 1. The minimum absolute atomic E-state index is 0.508. The maximum atomic E-state index is 5.08. The van der Waals surface area contributed by atoms with E-state index >= 15 is 0 Å². The zero-order valence-electron chi connectivity index (χ0n) is 9.61. The van der Waals surface area contributed by atoms with Crippen molar-refractivity contribution in [1.82, 2.24) is 5.32 Å². The van der Waals surface area contributed by atoms with Gasteiger partial charge in [0.05, 0.1) is 6.54 Å². The van der Waals surface area contributed by atoms with E-state index in [4.69, 9.17) is 4.74 Å². The number of methoxy groups -OCH3 is 1. The van der Waals surface area contributed by atoms with Gasteiger partial charge in [-0.05, 0) is 28.4 Å².